The van der Waals surface area contributed by atoms with Gasteiger partial charge in [0.25, 0.3) is 0 Å². The highest BCUT2D eigenvalue weighted by Gasteiger charge is 2.24. The number of rotatable bonds is 3. The lowest BCUT2D eigenvalue weighted by Crippen LogP contribution is -2.33. The summed E-state index contributed by atoms with van der Waals surface area (Å²) in [6, 6.07) is 6.94. The molecule has 0 amide bonds. The van der Waals surface area contributed by atoms with Gasteiger partial charge >= 0.3 is 0 Å². The summed E-state index contributed by atoms with van der Waals surface area (Å²) < 4.78 is 26.8. The van der Waals surface area contributed by atoms with Crippen molar-refractivity contribution >= 4 is 21.6 Å². The third-order valence-corrected chi connectivity index (χ3v) is 5.71. The van der Waals surface area contributed by atoms with E-state index in [1.165, 1.54) is 6.42 Å². The highest BCUT2D eigenvalue weighted by molar-refractivity contribution is 7.89. The molecule has 0 saturated carbocycles. The fraction of sp³-hybridized carbons (Fsp3) is 0.571. The van der Waals surface area contributed by atoms with Crippen molar-refractivity contribution in [2.24, 2.45) is 0 Å². The number of nitrogens with zero attached hydrogens (tertiary/aromatic N) is 1. The molecule has 0 unspecified atom stereocenters. The molecule has 5 heteroatoms. The van der Waals surface area contributed by atoms with Gasteiger partial charge in [0.1, 0.15) is 0 Å². The smallest absolute Gasteiger partial charge is 0.207 e. The number of hydrogen-bond donors (Lipinski definition) is 0. The summed E-state index contributed by atoms with van der Waals surface area (Å²) in [6.07, 6.45) is 5.36. The number of hydrogen-bond acceptors (Lipinski definition) is 2. The molecule has 3 nitrogen and oxygen atoms in total. The molecule has 0 spiro atoms. The first-order valence-electron chi connectivity index (χ1n) is 6.79. The lowest BCUT2D eigenvalue weighted by Gasteiger charge is -2.24. The van der Waals surface area contributed by atoms with Crippen molar-refractivity contribution in [1.82, 2.24) is 4.31 Å². The van der Waals surface area contributed by atoms with E-state index in [9.17, 15) is 8.42 Å². The molecular formula is C14H20ClNO2S. The SMILES string of the molecule is O=S(=O)(c1cccc(CCl)c1)N1CCCCCCC1. The van der Waals surface area contributed by atoms with Crippen LogP contribution < -0.4 is 0 Å². The van der Waals surface area contributed by atoms with E-state index >= 15 is 0 Å². The Balaban J connectivity index is 2.23. The maximum absolute atomic E-state index is 12.6. The number of alkyl halides is 1. The maximum Gasteiger partial charge on any atom is 0.243 e. The molecule has 0 bridgehead atoms. The molecule has 19 heavy (non-hydrogen) atoms. The van der Waals surface area contributed by atoms with E-state index in [-0.39, 0.29) is 0 Å². The van der Waals surface area contributed by atoms with Gasteiger partial charge in [0.15, 0.2) is 0 Å². The maximum atomic E-state index is 12.6. The first-order valence-corrected chi connectivity index (χ1v) is 8.77. The van der Waals surface area contributed by atoms with Gasteiger partial charge in [-0.3, -0.25) is 0 Å². The van der Waals surface area contributed by atoms with Crippen molar-refractivity contribution < 1.29 is 8.42 Å². The average Bonchev–Trinajstić information content (AvgIpc) is 2.38. The Hall–Kier alpha value is -0.580. The molecule has 1 aromatic rings. The van der Waals surface area contributed by atoms with Crippen molar-refractivity contribution in [3.05, 3.63) is 29.8 Å². The van der Waals surface area contributed by atoms with Crippen LogP contribution in [0.3, 0.4) is 0 Å². The van der Waals surface area contributed by atoms with Crippen LogP contribution in [0.4, 0.5) is 0 Å². The minimum atomic E-state index is -3.36. The first kappa shape index (κ1) is 14.8. The van der Waals surface area contributed by atoms with Crippen molar-refractivity contribution in [2.45, 2.75) is 42.9 Å². The lowest BCUT2D eigenvalue weighted by molar-refractivity contribution is 0.364. The summed E-state index contributed by atoms with van der Waals surface area (Å²) in [5.74, 6) is 0.337. The first-order chi connectivity index (χ1) is 9.14. The zero-order valence-corrected chi connectivity index (χ0v) is 12.6. The van der Waals surface area contributed by atoms with Crippen LogP contribution in [-0.4, -0.2) is 25.8 Å². The molecule has 0 atom stereocenters. The van der Waals surface area contributed by atoms with Crippen LogP contribution >= 0.6 is 11.6 Å². The molecule has 2 rings (SSSR count). The summed E-state index contributed by atoms with van der Waals surface area (Å²) in [7, 11) is -3.36. The molecule has 0 radical (unpaired) electrons. The van der Waals surface area contributed by atoms with Crippen LogP contribution in [-0.2, 0) is 15.9 Å². The molecule has 1 aliphatic heterocycles. The quantitative estimate of drug-likeness (QED) is 0.803. The van der Waals surface area contributed by atoms with E-state index in [2.05, 4.69) is 0 Å². The summed E-state index contributed by atoms with van der Waals surface area (Å²) in [5, 5.41) is 0. The van der Waals surface area contributed by atoms with E-state index in [1.807, 2.05) is 6.07 Å². The van der Waals surface area contributed by atoms with Crippen molar-refractivity contribution in [1.29, 1.82) is 0 Å². The minimum absolute atomic E-state index is 0.337. The molecule has 0 N–H and O–H groups in total. The fourth-order valence-corrected chi connectivity index (χ4v) is 4.15. The second-order valence-electron chi connectivity index (χ2n) is 4.95. The Morgan fingerprint density at radius 2 is 1.68 bits per heavy atom. The Kier molecular flexibility index (Phi) is 5.25. The van der Waals surface area contributed by atoms with Crippen molar-refractivity contribution in [3.63, 3.8) is 0 Å². The zero-order valence-electron chi connectivity index (χ0n) is 11.0. The third-order valence-electron chi connectivity index (χ3n) is 3.51. The van der Waals surface area contributed by atoms with Crippen molar-refractivity contribution in [2.75, 3.05) is 13.1 Å². The molecule has 106 valence electrons. The van der Waals surface area contributed by atoms with Gasteiger partial charge in [-0.15, -0.1) is 11.6 Å². The predicted octanol–water partition coefficient (Wildman–Crippen LogP) is 3.38. The summed E-state index contributed by atoms with van der Waals surface area (Å²) >= 11 is 5.77. The predicted molar refractivity (Wildman–Crippen MR) is 77.8 cm³/mol. The third kappa shape index (κ3) is 3.71. The van der Waals surface area contributed by atoms with Crippen LogP contribution in [0.15, 0.2) is 29.2 Å². The van der Waals surface area contributed by atoms with Crippen molar-refractivity contribution in [3.8, 4) is 0 Å². The van der Waals surface area contributed by atoms with E-state index in [0.717, 1.165) is 31.2 Å². The summed E-state index contributed by atoms with van der Waals surface area (Å²) in [6.45, 7) is 1.26. The molecule has 0 aromatic heterocycles. The Bertz CT molecular complexity index is 508. The van der Waals surface area contributed by atoms with Gasteiger partial charge in [-0.05, 0) is 30.5 Å². The van der Waals surface area contributed by atoms with Crippen LogP contribution in [0.1, 0.15) is 37.7 Å². The highest BCUT2D eigenvalue weighted by atomic mass is 35.5. The molecule has 1 aromatic carbocycles. The van der Waals surface area contributed by atoms with Crippen LogP contribution in [0.25, 0.3) is 0 Å². The fourth-order valence-electron chi connectivity index (χ4n) is 2.40. The molecule has 0 aliphatic carbocycles. The largest absolute Gasteiger partial charge is 0.243 e. The lowest BCUT2D eigenvalue weighted by atomic mass is 10.1. The number of benzene rings is 1. The highest BCUT2D eigenvalue weighted by Crippen LogP contribution is 2.21. The van der Waals surface area contributed by atoms with Gasteiger partial charge in [-0.2, -0.15) is 4.31 Å². The molecule has 1 aliphatic rings. The number of sulfonamides is 1. The van der Waals surface area contributed by atoms with E-state index in [1.54, 1.807) is 22.5 Å². The average molecular weight is 302 g/mol. The Morgan fingerprint density at radius 3 is 2.32 bits per heavy atom. The van der Waals surface area contributed by atoms with Gasteiger partial charge in [-0.1, -0.05) is 31.4 Å². The molecule has 1 heterocycles. The zero-order chi connectivity index (χ0) is 13.7. The Morgan fingerprint density at radius 1 is 1.05 bits per heavy atom. The van der Waals surface area contributed by atoms with Gasteiger partial charge in [0.05, 0.1) is 4.90 Å². The number of halogens is 1. The second kappa shape index (κ2) is 6.73. The van der Waals surface area contributed by atoms with Crippen LogP contribution in [0.2, 0.25) is 0 Å². The van der Waals surface area contributed by atoms with Gasteiger partial charge in [-0.25, -0.2) is 8.42 Å². The minimum Gasteiger partial charge on any atom is -0.207 e. The molecule has 1 fully saturated rings. The molecule has 1 saturated heterocycles. The van der Waals surface area contributed by atoms with Crippen LogP contribution in [0, 0.1) is 0 Å². The van der Waals surface area contributed by atoms with E-state index < -0.39 is 10.0 Å². The summed E-state index contributed by atoms with van der Waals surface area (Å²) in [4.78, 5) is 0.367. The normalized spacial score (nSPS) is 18.8. The topological polar surface area (TPSA) is 37.4 Å². The molecular weight excluding hydrogens is 282 g/mol. The van der Waals surface area contributed by atoms with E-state index in [4.69, 9.17) is 11.6 Å². The van der Waals surface area contributed by atoms with Gasteiger partial charge in [0.2, 0.25) is 10.0 Å². The second-order valence-corrected chi connectivity index (χ2v) is 7.16. The van der Waals surface area contributed by atoms with Gasteiger partial charge < -0.3 is 0 Å². The van der Waals surface area contributed by atoms with Crippen LogP contribution in [0.5, 0.6) is 0 Å². The van der Waals surface area contributed by atoms with Gasteiger partial charge in [0, 0.05) is 19.0 Å². The Labute approximate surface area is 120 Å². The summed E-state index contributed by atoms with van der Waals surface area (Å²) in [5.41, 5.74) is 0.842. The monoisotopic (exact) mass is 301 g/mol. The standard InChI is InChI=1S/C14H20ClNO2S/c15-12-13-7-6-8-14(11-13)19(17,18)16-9-4-2-1-3-5-10-16/h6-8,11H,1-5,9-10,12H2. The van der Waals surface area contributed by atoms with E-state index in [0.29, 0.717) is 23.9 Å².